The van der Waals surface area contributed by atoms with Crippen LogP contribution in [0, 0.1) is 5.21 Å². The fourth-order valence-corrected chi connectivity index (χ4v) is 1.14. The topological polar surface area (TPSA) is 26.3 Å². The summed E-state index contributed by atoms with van der Waals surface area (Å²) in [7, 11) is 0. The van der Waals surface area contributed by atoms with Gasteiger partial charge < -0.3 is 10.1 Å². The molecule has 0 amide bonds. The average Bonchev–Trinajstić information content (AvgIpc) is 2.35. The van der Waals surface area contributed by atoms with Crippen molar-refractivity contribution in [3.63, 3.8) is 0 Å². The molecular formula is C8H14N2O. The van der Waals surface area contributed by atoms with Gasteiger partial charge in [0.1, 0.15) is 6.20 Å². The van der Waals surface area contributed by atoms with E-state index in [9.17, 15) is 5.21 Å². The molecule has 3 heteroatoms. The van der Waals surface area contributed by atoms with E-state index < -0.39 is 4.65 Å². The van der Waals surface area contributed by atoms with Crippen molar-refractivity contribution in [1.82, 2.24) is 4.90 Å². The van der Waals surface area contributed by atoms with E-state index in [2.05, 4.69) is 13.5 Å². The van der Waals surface area contributed by atoms with Gasteiger partial charge in [0.2, 0.25) is 0 Å². The molecule has 0 saturated heterocycles. The lowest BCUT2D eigenvalue weighted by molar-refractivity contribution is -0.776. The number of hydrogen-bond donors (Lipinski definition) is 0. The SMILES string of the molecule is C=C[N+]1([O-])C=CN(CCC)C1. The molecule has 0 aromatic carbocycles. The summed E-state index contributed by atoms with van der Waals surface area (Å²) in [6.45, 7) is 7.02. The molecule has 1 heterocycles. The van der Waals surface area contributed by atoms with Gasteiger partial charge in [-0.05, 0) is 13.0 Å². The van der Waals surface area contributed by atoms with Crippen molar-refractivity contribution in [3.8, 4) is 0 Å². The summed E-state index contributed by atoms with van der Waals surface area (Å²) >= 11 is 0. The third kappa shape index (κ3) is 1.82. The van der Waals surface area contributed by atoms with Crippen LogP contribution in [0.15, 0.2) is 25.2 Å². The highest BCUT2D eigenvalue weighted by Gasteiger charge is 2.19. The third-order valence-electron chi connectivity index (χ3n) is 1.75. The maximum absolute atomic E-state index is 11.4. The van der Waals surface area contributed by atoms with Crippen molar-refractivity contribution in [3.05, 3.63) is 30.4 Å². The van der Waals surface area contributed by atoms with Gasteiger partial charge in [0, 0.05) is 6.54 Å². The van der Waals surface area contributed by atoms with Gasteiger partial charge in [0.15, 0.2) is 6.67 Å². The molecule has 0 saturated carbocycles. The largest absolute Gasteiger partial charge is 0.621 e. The first-order chi connectivity index (χ1) is 5.20. The van der Waals surface area contributed by atoms with Gasteiger partial charge in [-0.25, -0.2) is 0 Å². The summed E-state index contributed by atoms with van der Waals surface area (Å²) < 4.78 is -0.417. The maximum Gasteiger partial charge on any atom is 0.162 e. The predicted octanol–water partition coefficient (Wildman–Crippen LogP) is 1.60. The number of hydrogen-bond acceptors (Lipinski definition) is 2. The fourth-order valence-electron chi connectivity index (χ4n) is 1.14. The summed E-state index contributed by atoms with van der Waals surface area (Å²) in [5, 5.41) is 11.4. The molecule has 0 fully saturated rings. The highest BCUT2D eigenvalue weighted by Crippen LogP contribution is 2.16. The van der Waals surface area contributed by atoms with Crippen molar-refractivity contribution in [1.29, 1.82) is 0 Å². The molecule has 11 heavy (non-hydrogen) atoms. The zero-order valence-electron chi connectivity index (χ0n) is 6.86. The molecule has 62 valence electrons. The van der Waals surface area contributed by atoms with E-state index in [-0.39, 0.29) is 0 Å². The number of hydroxylamine groups is 3. The van der Waals surface area contributed by atoms with E-state index in [1.165, 1.54) is 6.20 Å². The van der Waals surface area contributed by atoms with Crippen LogP contribution in [0.5, 0.6) is 0 Å². The normalized spacial score (nSPS) is 29.5. The first-order valence-electron chi connectivity index (χ1n) is 3.85. The fraction of sp³-hybridized carbons (Fsp3) is 0.500. The van der Waals surface area contributed by atoms with Crippen LogP contribution in [-0.2, 0) is 0 Å². The van der Waals surface area contributed by atoms with Crippen LogP contribution in [-0.4, -0.2) is 22.8 Å². The molecule has 0 bridgehead atoms. The lowest BCUT2D eigenvalue weighted by atomic mass is 10.4. The Balaban J connectivity index is 2.48. The quantitative estimate of drug-likeness (QED) is 0.456. The second kappa shape index (κ2) is 3.07. The molecule has 0 radical (unpaired) electrons. The Morgan fingerprint density at radius 1 is 1.82 bits per heavy atom. The third-order valence-corrected chi connectivity index (χ3v) is 1.75. The van der Waals surface area contributed by atoms with Crippen LogP contribution >= 0.6 is 0 Å². The van der Waals surface area contributed by atoms with E-state index >= 15 is 0 Å². The Bertz CT molecular complexity index is 179. The lowest BCUT2D eigenvalue weighted by Gasteiger charge is -2.32. The van der Waals surface area contributed by atoms with Crippen LogP contribution in [0.4, 0.5) is 0 Å². The zero-order valence-corrected chi connectivity index (χ0v) is 6.86. The van der Waals surface area contributed by atoms with Crippen LogP contribution in [0.2, 0.25) is 0 Å². The summed E-state index contributed by atoms with van der Waals surface area (Å²) in [4.78, 5) is 2.01. The number of rotatable bonds is 3. The predicted molar refractivity (Wildman–Crippen MR) is 44.8 cm³/mol. The lowest BCUT2D eigenvalue weighted by Crippen LogP contribution is -2.34. The van der Waals surface area contributed by atoms with Gasteiger partial charge in [0.25, 0.3) is 0 Å². The van der Waals surface area contributed by atoms with Crippen molar-refractivity contribution in [2.45, 2.75) is 13.3 Å². The van der Waals surface area contributed by atoms with Crippen molar-refractivity contribution >= 4 is 0 Å². The number of quaternary nitrogens is 1. The zero-order chi connectivity index (χ0) is 8.32. The van der Waals surface area contributed by atoms with Crippen LogP contribution in [0.1, 0.15) is 13.3 Å². The van der Waals surface area contributed by atoms with Gasteiger partial charge in [-0.3, -0.25) is 4.65 Å². The monoisotopic (exact) mass is 154 g/mol. The Kier molecular flexibility index (Phi) is 2.31. The Hall–Kier alpha value is -0.800. The average molecular weight is 154 g/mol. The summed E-state index contributed by atoms with van der Waals surface area (Å²) in [5.41, 5.74) is 0. The molecule has 0 spiro atoms. The minimum atomic E-state index is -0.417. The second-order valence-corrected chi connectivity index (χ2v) is 2.79. The first kappa shape index (κ1) is 8.30. The second-order valence-electron chi connectivity index (χ2n) is 2.79. The molecule has 1 unspecified atom stereocenters. The number of nitrogens with zero attached hydrogens (tertiary/aromatic N) is 2. The highest BCUT2D eigenvalue weighted by atomic mass is 16.5. The molecular weight excluding hydrogens is 140 g/mol. The molecule has 0 aromatic rings. The molecule has 1 aliphatic rings. The van der Waals surface area contributed by atoms with Gasteiger partial charge in [-0.15, -0.1) is 0 Å². The van der Waals surface area contributed by atoms with Gasteiger partial charge >= 0.3 is 0 Å². The van der Waals surface area contributed by atoms with Crippen molar-refractivity contribution in [2.24, 2.45) is 0 Å². The Labute approximate surface area is 67.4 Å². The molecule has 1 atom stereocenters. The first-order valence-corrected chi connectivity index (χ1v) is 3.85. The van der Waals surface area contributed by atoms with Crippen LogP contribution in [0.25, 0.3) is 0 Å². The molecule has 0 aliphatic carbocycles. The summed E-state index contributed by atoms with van der Waals surface area (Å²) in [6.07, 6.45) is 5.94. The summed E-state index contributed by atoms with van der Waals surface area (Å²) in [6, 6.07) is 0. The maximum atomic E-state index is 11.4. The Morgan fingerprint density at radius 2 is 2.55 bits per heavy atom. The van der Waals surface area contributed by atoms with E-state index in [0.29, 0.717) is 6.67 Å². The summed E-state index contributed by atoms with van der Waals surface area (Å²) in [5.74, 6) is 0. The molecule has 0 N–H and O–H groups in total. The van der Waals surface area contributed by atoms with E-state index in [1.54, 1.807) is 6.20 Å². The van der Waals surface area contributed by atoms with E-state index in [1.807, 2.05) is 11.1 Å². The standard InChI is InChI=1S/C8H14N2O/c1-3-5-9-6-7-10(11,4-2)8-9/h4,6-7H,2-3,5,8H2,1H3. The smallest absolute Gasteiger partial charge is 0.162 e. The van der Waals surface area contributed by atoms with E-state index in [0.717, 1.165) is 13.0 Å². The minimum absolute atomic E-state index is 0.417. The molecule has 0 aromatic heterocycles. The van der Waals surface area contributed by atoms with Gasteiger partial charge in [-0.1, -0.05) is 6.92 Å². The van der Waals surface area contributed by atoms with Gasteiger partial charge in [-0.2, -0.15) is 0 Å². The Morgan fingerprint density at radius 3 is 3.00 bits per heavy atom. The van der Waals surface area contributed by atoms with E-state index in [4.69, 9.17) is 0 Å². The molecule has 1 rings (SSSR count). The van der Waals surface area contributed by atoms with Crippen LogP contribution in [0.3, 0.4) is 0 Å². The molecule has 3 nitrogen and oxygen atoms in total. The van der Waals surface area contributed by atoms with Crippen LogP contribution < -0.4 is 0 Å². The molecule has 1 aliphatic heterocycles. The van der Waals surface area contributed by atoms with Crippen molar-refractivity contribution < 1.29 is 4.65 Å². The highest BCUT2D eigenvalue weighted by molar-refractivity contribution is 4.84. The van der Waals surface area contributed by atoms with Crippen molar-refractivity contribution in [2.75, 3.05) is 13.2 Å². The minimum Gasteiger partial charge on any atom is -0.621 e. The van der Waals surface area contributed by atoms with Gasteiger partial charge in [0.05, 0.1) is 12.4 Å².